The lowest BCUT2D eigenvalue weighted by Crippen LogP contribution is -2.21. The van der Waals surface area contributed by atoms with Crippen LogP contribution in [0.4, 0.5) is 0 Å². The quantitative estimate of drug-likeness (QED) is 0.195. The minimum Gasteiger partial charge on any atom is -0.465 e. The summed E-state index contributed by atoms with van der Waals surface area (Å²) in [6.07, 6.45) is 2.30. The highest BCUT2D eigenvalue weighted by Gasteiger charge is 2.24. The second-order valence-electron chi connectivity index (χ2n) is 8.55. The molecule has 0 bridgehead atoms. The van der Waals surface area contributed by atoms with E-state index < -0.39 is 0 Å². The molecule has 174 valence electrons. The number of rotatable bonds is 9. The van der Waals surface area contributed by atoms with Crippen molar-refractivity contribution in [2.45, 2.75) is 32.7 Å². The van der Waals surface area contributed by atoms with Crippen LogP contribution in [0.1, 0.15) is 51.7 Å². The predicted molar refractivity (Wildman–Crippen MR) is 137 cm³/mol. The molecule has 1 atom stereocenters. The van der Waals surface area contributed by atoms with Crippen LogP contribution in [0.5, 0.6) is 0 Å². The SMILES string of the molecule is CCCC(Cc1ccc(C(=O)OC)cc1)C(=O)c1cc2cc(Cl)ccc2n1Cc1ccccc1. The summed E-state index contributed by atoms with van der Waals surface area (Å²) in [6.45, 7) is 2.71. The van der Waals surface area contributed by atoms with Gasteiger partial charge in [-0.15, -0.1) is 0 Å². The number of ether oxygens (including phenoxy) is 1. The Morgan fingerprint density at radius 2 is 1.68 bits per heavy atom. The zero-order valence-electron chi connectivity index (χ0n) is 19.5. The third-order valence-corrected chi connectivity index (χ3v) is 6.40. The standard InChI is InChI=1S/C29H28ClNO3/c1-3-7-23(16-20-10-12-22(13-11-20)29(33)34-2)28(32)27-18-24-17-25(30)14-15-26(24)31(27)19-21-8-5-4-6-9-21/h4-6,8-15,17-18,23H,3,7,16,19H2,1-2H3. The Balaban J connectivity index is 1.68. The van der Waals surface area contributed by atoms with E-state index in [-0.39, 0.29) is 17.7 Å². The van der Waals surface area contributed by atoms with Crippen molar-refractivity contribution in [3.63, 3.8) is 0 Å². The average Bonchev–Trinajstić information content (AvgIpc) is 3.21. The largest absolute Gasteiger partial charge is 0.465 e. The Bertz CT molecular complexity index is 1290. The van der Waals surface area contributed by atoms with Gasteiger partial charge in [-0.3, -0.25) is 4.79 Å². The van der Waals surface area contributed by atoms with Gasteiger partial charge in [0.05, 0.1) is 18.4 Å². The van der Waals surface area contributed by atoms with E-state index in [1.54, 1.807) is 12.1 Å². The Morgan fingerprint density at radius 1 is 0.941 bits per heavy atom. The highest BCUT2D eigenvalue weighted by Crippen LogP contribution is 2.28. The fourth-order valence-corrected chi connectivity index (χ4v) is 4.63. The van der Waals surface area contributed by atoms with Gasteiger partial charge in [0.25, 0.3) is 0 Å². The van der Waals surface area contributed by atoms with E-state index in [2.05, 4.69) is 23.6 Å². The monoisotopic (exact) mass is 473 g/mol. The van der Waals surface area contributed by atoms with E-state index in [0.29, 0.717) is 29.2 Å². The number of hydrogen-bond acceptors (Lipinski definition) is 3. The topological polar surface area (TPSA) is 48.3 Å². The van der Waals surface area contributed by atoms with Gasteiger partial charge in [-0.25, -0.2) is 4.79 Å². The lowest BCUT2D eigenvalue weighted by atomic mass is 9.89. The summed E-state index contributed by atoms with van der Waals surface area (Å²) < 4.78 is 6.89. The molecule has 0 amide bonds. The van der Waals surface area contributed by atoms with Crippen LogP contribution in [0.25, 0.3) is 10.9 Å². The third-order valence-electron chi connectivity index (χ3n) is 6.16. The second kappa shape index (κ2) is 10.7. The number of nitrogens with zero attached hydrogens (tertiary/aromatic N) is 1. The number of carbonyl (C=O) groups is 2. The third kappa shape index (κ3) is 5.23. The Labute approximate surface area is 205 Å². The molecule has 1 aromatic heterocycles. The number of fused-ring (bicyclic) bond motifs is 1. The van der Waals surface area contributed by atoms with Crippen LogP contribution in [0.15, 0.2) is 78.9 Å². The summed E-state index contributed by atoms with van der Waals surface area (Å²) in [4.78, 5) is 25.6. The Morgan fingerprint density at radius 3 is 2.35 bits per heavy atom. The predicted octanol–water partition coefficient (Wildman–Crippen LogP) is 6.97. The van der Waals surface area contributed by atoms with Crippen molar-refractivity contribution in [3.05, 3.63) is 106 Å². The number of aromatic nitrogens is 1. The van der Waals surface area contributed by atoms with Gasteiger partial charge in [-0.2, -0.15) is 0 Å². The van der Waals surface area contributed by atoms with Crippen molar-refractivity contribution in [1.29, 1.82) is 0 Å². The van der Waals surface area contributed by atoms with Crippen molar-refractivity contribution in [3.8, 4) is 0 Å². The maximum Gasteiger partial charge on any atom is 0.337 e. The van der Waals surface area contributed by atoms with Crippen molar-refractivity contribution < 1.29 is 14.3 Å². The number of methoxy groups -OCH3 is 1. The fourth-order valence-electron chi connectivity index (χ4n) is 4.44. The minimum absolute atomic E-state index is 0.127. The number of halogens is 1. The van der Waals surface area contributed by atoms with Crippen molar-refractivity contribution in [1.82, 2.24) is 4.57 Å². The smallest absolute Gasteiger partial charge is 0.337 e. The molecular weight excluding hydrogens is 446 g/mol. The van der Waals surface area contributed by atoms with E-state index in [9.17, 15) is 9.59 Å². The van der Waals surface area contributed by atoms with Crippen molar-refractivity contribution in [2.24, 2.45) is 5.92 Å². The number of ketones is 1. The first kappa shape index (κ1) is 23.8. The molecule has 4 aromatic rings. The van der Waals surface area contributed by atoms with Gasteiger partial charge in [0.15, 0.2) is 5.78 Å². The zero-order chi connectivity index (χ0) is 24.1. The number of esters is 1. The molecule has 4 nitrogen and oxygen atoms in total. The molecule has 1 heterocycles. The molecule has 0 aliphatic rings. The molecule has 0 N–H and O–H groups in total. The maximum absolute atomic E-state index is 13.9. The van der Waals surface area contributed by atoms with E-state index in [4.69, 9.17) is 16.3 Å². The van der Waals surface area contributed by atoms with Crippen LogP contribution in [-0.4, -0.2) is 23.4 Å². The normalized spacial score (nSPS) is 12.0. The van der Waals surface area contributed by atoms with E-state index in [0.717, 1.165) is 34.9 Å². The summed E-state index contributed by atoms with van der Waals surface area (Å²) in [5, 5.41) is 1.61. The first-order chi connectivity index (χ1) is 16.5. The maximum atomic E-state index is 13.9. The molecule has 5 heteroatoms. The van der Waals surface area contributed by atoms with Crippen LogP contribution >= 0.6 is 11.6 Å². The molecule has 0 aliphatic heterocycles. The van der Waals surface area contributed by atoms with Gasteiger partial charge in [0, 0.05) is 28.4 Å². The molecule has 0 fully saturated rings. The van der Waals surface area contributed by atoms with E-state index in [1.165, 1.54) is 7.11 Å². The lowest BCUT2D eigenvalue weighted by Gasteiger charge is -2.18. The van der Waals surface area contributed by atoms with Gasteiger partial charge in [0.2, 0.25) is 0 Å². The zero-order valence-corrected chi connectivity index (χ0v) is 20.2. The summed E-state index contributed by atoms with van der Waals surface area (Å²) in [5.41, 5.74) is 4.35. The van der Waals surface area contributed by atoms with Crippen LogP contribution in [0.2, 0.25) is 5.02 Å². The number of benzene rings is 3. The summed E-state index contributed by atoms with van der Waals surface area (Å²) in [7, 11) is 1.37. The fraction of sp³-hybridized carbons (Fsp3) is 0.241. The van der Waals surface area contributed by atoms with Crippen LogP contribution in [0, 0.1) is 5.92 Å². The molecular formula is C29H28ClNO3. The van der Waals surface area contributed by atoms with Gasteiger partial charge >= 0.3 is 5.97 Å². The van der Waals surface area contributed by atoms with Gasteiger partial charge < -0.3 is 9.30 Å². The van der Waals surface area contributed by atoms with Gasteiger partial charge in [-0.05, 0) is 60.4 Å². The summed E-state index contributed by atoms with van der Waals surface area (Å²) in [5.74, 6) is -0.401. The molecule has 0 spiro atoms. The first-order valence-corrected chi connectivity index (χ1v) is 11.9. The summed E-state index contributed by atoms with van der Waals surface area (Å²) >= 11 is 6.26. The molecule has 34 heavy (non-hydrogen) atoms. The second-order valence-corrected chi connectivity index (χ2v) is 8.98. The van der Waals surface area contributed by atoms with Crippen LogP contribution in [0.3, 0.4) is 0 Å². The van der Waals surface area contributed by atoms with Crippen molar-refractivity contribution >= 4 is 34.3 Å². The Kier molecular flexibility index (Phi) is 7.49. The number of hydrogen-bond donors (Lipinski definition) is 0. The molecule has 0 aliphatic carbocycles. The summed E-state index contributed by atoms with van der Waals surface area (Å²) in [6, 6.07) is 25.2. The minimum atomic E-state index is -0.364. The number of Topliss-reactive ketones (excluding diaryl/α,β-unsaturated/α-hetero) is 1. The average molecular weight is 474 g/mol. The highest BCUT2D eigenvalue weighted by molar-refractivity contribution is 6.31. The molecule has 0 saturated carbocycles. The van der Waals surface area contributed by atoms with E-state index in [1.807, 2.05) is 54.6 Å². The van der Waals surface area contributed by atoms with Crippen LogP contribution < -0.4 is 0 Å². The van der Waals surface area contributed by atoms with Gasteiger partial charge in [-0.1, -0.05) is 67.4 Å². The van der Waals surface area contributed by atoms with E-state index >= 15 is 0 Å². The number of carbonyl (C=O) groups excluding carboxylic acids is 2. The molecule has 0 saturated heterocycles. The van der Waals surface area contributed by atoms with Gasteiger partial charge in [0.1, 0.15) is 0 Å². The molecule has 4 rings (SSSR count). The highest BCUT2D eigenvalue weighted by atomic mass is 35.5. The molecule has 3 aromatic carbocycles. The molecule has 1 unspecified atom stereocenters. The van der Waals surface area contributed by atoms with Crippen LogP contribution in [-0.2, 0) is 17.7 Å². The lowest BCUT2D eigenvalue weighted by molar-refractivity contribution is 0.0600. The molecule has 0 radical (unpaired) electrons. The first-order valence-electron chi connectivity index (χ1n) is 11.5. The Hall–Kier alpha value is -3.37. The van der Waals surface area contributed by atoms with Crippen molar-refractivity contribution in [2.75, 3.05) is 7.11 Å².